The largest absolute Gasteiger partial charge is 0.391 e. The zero-order chi connectivity index (χ0) is 14.4. The van der Waals surface area contributed by atoms with E-state index in [0.29, 0.717) is 11.7 Å². The number of amides is 1. The van der Waals surface area contributed by atoms with Crippen molar-refractivity contribution in [2.24, 2.45) is 5.92 Å². The molecule has 1 aromatic rings. The van der Waals surface area contributed by atoms with E-state index >= 15 is 0 Å². The van der Waals surface area contributed by atoms with Gasteiger partial charge in [0, 0.05) is 19.7 Å². The van der Waals surface area contributed by atoms with E-state index in [9.17, 15) is 9.90 Å². The summed E-state index contributed by atoms with van der Waals surface area (Å²) in [6.45, 7) is 0.543. The summed E-state index contributed by atoms with van der Waals surface area (Å²) >= 11 is 0. The standard InChI is InChI=1S/C14H22N2O4/c1-19-9-11-7-12(16-20-11)14(18)15-8-13(17)10-5-3-2-4-6-10/h7,10,13,17H,2-6,8-9H2,1H3,(H,15,18)/t13-/m1/s1. The molecule has 2 rings (SSSR count). The number of rotatable bonds is 6. The Morgan fingerprint density at radius 3 is 3.00 bits per heavy atom. The minimum atomic E-state index is -0.482. The third-order valence-electron chi connectivity index (χ3n) is 3.74. The molecule has 20 heavy (non-hydrogen) atoms. The molecular weight excluding hydrogens is 260 g/mol. The third-order valence-corrected chi connectivity index (χ3v) is 3.74. The number of hydrogen-bond donors (Lipinski definition) is 2. The first-order chi connectivity index (χ1) is 9.70. The molecule has 1 amide bonds. The maximum Gasteiger partial charge on any atom is 0.273 e. The average Bonchev–Trinajstić information content (AvgIpc) is 2.94. The molecule has 0 bridgehead atoms. The molecule has 1 aliphatic carbocycles. The van der Waals surface area contributed by atoms with Gasteiger partial charge in [-0.15, -0.1) is 0 Å². The minimum Gasteiger partial charge on any atom is -0.391 e. The van der Waals surface area contributed by atoms with Gasteiger partial charge in [-0.2, -0.15) is 0 Å². The van der Waals surface area contributed by atoms with Crippen LogP contribution in [0.25, 0.3) is 0 Å². The summed E-state index contributed by atoms with van der Waals surface area (Å²) in [5.41, 5.74) is 0.216. The second kappa shape index (κ2) is 7.40. The lowest BCUT2D eigenvalue weighted by atomic mass is 9.85. The molecule has 1 atom stereocenters. The van der Waals surface area contributed by atoms with Gasteiger partial charge in [-0.3, -0.25) is 4.79 Å². The van der Waals surface area contributed by atoms with Gasteiger partial charge >= 0.3 is 0 Å². The van der Waals surface area contributed by atoms with Crippen LogP contribution in [0.5, 0.6) is 0 Å². The Balaban J connectivity index is 1.78. The van der Waals surface area contributed by atoms with E-state index in [1.807, 2.05) is 0 Å². The minimum absolute atomic E-state index is 0.216. The lowest BCUT2D eigenvalue weighted by molar-refractivity contribution is 0.0733. The van der Waals surface area contributed by atoms with Crippen LogP contribution >= 0.6 is 0 Å². The van der Waals surface area contributed by atoms with Crippen LogP contribution < -0.4 is 5.32 Å². The highest BCUT2D eigenvalue weighted by Crippen LogP contribution is 2.26. The van der Waals surface area contributed by atoms with Crippen molar-refractivity contribution in [3.63, 3.8) is 0 Å². The predicted molar refractivity (Wildman–Crippen MR) is 72.1 cm³/mol. The number of methoxy groups -OCH3 is 1. The molecule has 0 radical (unpaired) electrons. The highest BCUT2D eigenvalue weighted by molar-refractivity contribution is 5.92. The molecule has 1 heterocycles. The van der Waals surface area contributed by atoms with Gasteiger partial charge in [0.05, 0.1) is 6.10 Å². The van der Waals surface area contributed by atoms with Crippen LogP contribution in [-0.4, -0.2) is 35.9 Å². The Kier molecular flexibility index (Phi) is 5.55. The zero-order valence-electron chi connectivity index (χ0n) is 11.8. The Labute approximate surface area is 118 Å². The van der Waals surface area contributed by atoms with Crippen molar-refractivity contribution >= 4 is 5.91 Å². The molecule has 2 N–H and O–H groups in total. The van der Waals surface area contributed by atoms with Gasteiger partial charge in [0.25, 0.3) is 5.91 Å². The molecule has 0 aliphatic heterocycles. The fourth-order valence-electron chi connectivity index (χ4n) is 2.60. The number of aliphatic hydroxyl groups is 1. The summed E-state index contributed by atoms with van der Waals surface area (Å²) in [5.74, 6) is 0.474. The van der Waals surface area contributed by atoms with Crippen molar-refractivity contribution in [2.45, 2.75) is 44.8 Å². The van der Waals surface area contributed by atoms with Crippen LogP contribution in [0, 0.1) is 5.92 Å². The number of carbonyl (C=O) groups is 1. The van der Waals surface area contributed by atoms with Gasteiger partial charge < -0.3 is 19.7 Å². The monoisotopic (exact) mass is 282 g/mol. The second-order valence-corrected chi connectivity index (χ2v) is 5.29. The number of hydrogen-bond acceptors (Lipinski definition) is 5. The molecular formula is C14H22N2O4. The van der Waals surface area contributed by atoms with Crippen molar-refractivity contribution in [3.05, 3.63) is 17.5 Å². The quantitative estimate of drug-likeness (QED) is 0.825. The summed E-state index contributed by atoms with van der Waals surface area (Å²) in [6, 6.07) is 1.55. The molecule has 1 aliphatic rings. The lowest BCUT2D eigenvalue weighted by Gasteiger charge is -2.26. The van der Waals surface area contributed by atoms with E-state index in [0.717, 1.165) is 12.8 Å². The van der Waals surface area contributed by atoms with E-state index in [1.54, 1.807) is 13.2 Å². The van der Waals surface area contributed by atoms with Gasteiger partial charge in [-0.05, 0) is 18.8 Å². The molecule has 1 saturated carbocycles. The number of nitrogens with one attached hydrogen (secondary N) is 1. The van der Waals surface area contributed by atoms with Crippen molar-refractivity contribution in [3.8, 4) is 0 Å². The Morgan fingerprint density at radius 1 is 1.55 bits per heavy atom. The second-order valence-electron chi connectivity index (χ2n) is 5.29. The number of aliphatic hydroxyl groups excluding tert-OH is 1. The molecule has 6 nitrogen and oxygen atoms in total. The Morgan fingerprint density at radius 2 is 2.30 bits per heavy atom. The third kappa shape index (κ3) is 4.05. The highest BCUT2D eigenvalue weighted by Gasteiger charge is 2.22. The summed E-state index contributed by atoms with van der Waals surface area (Å²) in [7, 11) is 1.54. The zero-order valence-corrected chi connectivity index (χ0v) is 11.8. The Hall–Kier alpha value is -1.40. The van der Waals surface area contributed by atoms with Crippen LogP contribution in [0.1, 0.15) is 48.4 Å². The Bertz CT molecular complexity index is 427. The van der Waals surface area contributed by atoms with Gasteiger partial charge in [-0.25, -0.2) is 0 Å². The van der Waals surface area contributed by atoms with Crippen molar-refractivity contribution in [1.82, 2.24) is 10.5 Å². The van der Waals surface area contributed by atoms with E-state index in [4.69, 9.17) is 9.26 Å². The summed E-state index contributed by atoms with van der Waals surface area (Å²) < 4.78 is 9.84. The van der Waals surface area contributed by atoms with Gasteiger partial charge in [-0.1, -0.05) is 24.4 Å². The topological polar surface area (TPSA) is 84.6 Å². The van der Waals surface area contributed by atoms with Crippen LogP contribution in [0.2, 0.25) is 0 Å². The van der Waals surface area contributed by atoms with Crippen molar-refractivity contribution < 1.29 is 19.2 Å². The first-order valence-electron chi connectivity index (χ1n) is 7.11. The van der Waals surface area contributed by atoms with Crippen LogP contribution in [0.3, 0.4) is 0 Å². The fraction of sp³-hybridized carbons (Fsp3) is 0.714. The molecule has 0 unspecified atom stereocenters. The van der Waals surface area contributed by atoms with E-state index in [1.165, 1.54) is 19.3 Å². The molecule has 1 fully saturated rings. The SMILES string of the molecule is COCc1cc(C(=O)NC[C@@H](O)C2CCCCC2)no1. The number of ether oxygens (including phenoxy) is 1. The highest BCUT2D eigenvalue weighted by atomic mass is 16.5. The van der Waals surface area contributed by atoms with Gasteiger partial charge in [0.2, 0.25) is 0 Å². The molecule has 0 saturated heterocycles. The smallest absolute Gasteiger partial charge is 0.273 e. The first kappa shape index (κ1) is 15.0. The maximum atomic E-state index is 11.9. The molecule has 1 aromatic heterocycles. The fourth-order valence-corrected chi connectivity index (χ4v) is 2.60. The van der Waals surface area contributed by atoms with Gasteiger partial charge in [0.1, 0.15) is 6.61 Å². The normalized spacial score (nSPS) is 17.9. The number of carbonyl (C=O) groups excluding carboxylic acids is 1. The van der Waals surface area contributed by atoms with Gasteiger partial charge in [0.15, 0.2) is 11.5 Å². The first-order valence-corrected chi connectivity index (χ1v) is 7.11. The number of nitrogens with zero attached hydrogens (tertiary/aromatic N) is 1. The summed E-state index contributed by atoms with van der Waals surface area (Å²) in [5, 5.41) is 16.5. The van der Waals surface area contributed by atoms with Crippen LogP contribution in [0.15, 0.2) is 10.6 Å². The molecule has 0 aromatic carbocycles. The predicted octanol–water partition coefficient (Wildman–Crippen LogP) is 1.49. The average molecular weight is 282 g/mol. The number of aromatic nitrogens is 1. The van der Waals surface area contributed by atoms with E-state index in [-0.39, 0.29) is 24.8 Å². The van der Waals surface area contributed by atoms with Crippen molar-refractivity contribution in [2.75, 3.05) is 13.7 Å². The lowest BCUT2D eigenvalue weighted by Crippen LogP contribution is -2.37. The molecule has 6 heteroatoms. The summed E-state index contributed by atoms with van der Waals surface area (Å²) in [6.07, 6.45) is 5.18. The van der Waals surface area contributed by atoms with Crippen LogP contribution in [-0.2, 0) is 11.3 Å². The molecule has 112 valence electrons. The van der Waals surface area contributed by atoms with Crippen LogP contribution in [0.4, 0.5) is 0 Å². The van der Waals surface area contributed by atoms with Crippen molar-refractivity contribution in [1.29, 1.82) is 0 Å². The summed E-state index contributed by atoms with van der Waals surface area (Å²) in [4.78, 5) is 11.9. The van der Waals surface area contributed by atoms with E-state index in [2.05, 4.69) is 10.5 Å². The molecule has 0 spiro atoms. The van der Waals surface area contributed by atoms with E-state index < -0.39 is 6.10 Å². The maximum absolute atomic E-state index is 11.9.